The molecule has 1 aromatic heterocycles. The Morgan fingerprint density at radius 1 is 1.41 bits per heavy atom. The second kappa shape index (κ2) is 5.21. The number of nitrogens with one attached hydrogen (secondary N) is 1. The number of hydrogen-bond acceptors (Lipinski definition) is 5. The molecule has 1 aromatic rings. The zero-order valence-corrected chi connectivity index (χ0v) is 11.2. The van der Waals surface area contributed by atoms with Crippen molar-refractivity contribution < 1.29 is 4.74 Å². The number of nitrogen functional groups attached to an aromatic ring is 1. The molecule has 3 N–H and O–H groups in total. The Morgan fingerprint density at radius 3 is 2.59 bits per heavy atom. The lowest BCUT2D eigenvalue weighted by atomic mass is 9.81. The van der Waals surface area contributed by atoms with Gasteiger partial charge in [0.15, 0.2) is 5.82 Å². The summed E-state index contributed by atoms with van der Waals surface area (Å²) in [5.41, 5.74) is 6.51. The molecule has 0 saturated carbocycles. The van der Waals surface area contributed by atoms with Gasteiger partial charge in [-0.1, -0.05) is 27.7 Å². The first kappa shape index (κ1) is 13.5. The van der Waals surface area contributed by atoms with Gasteiger partial charge >= 0.3 is 0 Å². The van der Waals surface area contributed by atoms with E-state index in [1.807, 2.05) is 0 Å². The molecule has 96 valence electrons. The molecule has 0 aromatic carbocycles. The monoisotopic (exact) mass is 238 g/mol. The summed E-state index contributed by atoms with van der Waals surface area (Å²) < 4.78 is 5.05. The van der Waals surface area contributed by atoms with E-state index < -0.39 is 0 Å². The van der Waals surface area contributed by atoms with Gasteiger partial charge in [0.2, 0.25) is 5.88 Å². The van der Waals surface area contributed by atoms with Gasteiger partial charge in [-0.05, 0) is 11.3 Å². The third-order valence-corrected chi connectivity index (χ3v) is 3.32. The summed E-state index contributed by atoms with van der Waals surface area (Å²) in [5, 5.41) is 3.25. The summed E-state index contributed by atoms with van der Waals surface area (Å²) in [7, 11) is 1.54. The van der Waals surface area contributed by atoms with Crippen LogP contribution in [0.1, 0.15) is 27.7 Å². The van der Waals surface area contributed by atoms with E-state index in [9.17, 15) is 0 Å². The maximum Gasteiger partial charge on any atom is 0.242 e. The molecule has 0 bridgehead atoms. The molecular formula is C12H22N4O. The maximum absolute atomic E-state index is 5.89. The molecule has 0 spiro atoms. The van der Waals surface area contributed by atoms with Gasteiger partial charge in [0.25, 0.3) is 0 Å². The number of anilines is 2. The third-order valence-electron chi connectivity index (χ3n) is 3.32. The third kappa shape index (κ3) is 3.22. The topological polar surface area (TPSA) is 73.1 Å². The molecule has 0 radical (unpaired) electrons. The molecule has 0 aliphatic carbocycles. The fourth-order valence-corrected chi connectivity index (χ4v) is 1.20. The van der Waals surface area contributed by atoms with Gasteiger partial charge in [-0.3, -0.25) is 0 Å². The Hall–Kier alpha value is -1.52. The van der Waals surface area contributed by atoms with Crippen LogP contribution in [0.3, 0.4) is 0 Å². The minimum Gasteiger partial charge on any atom is -0.479 e. The van der Waals surface area contributed by atoms with E-state index in [1.54, 1.807) is 7.11 Å². The highest BCUT2D eigenvalue weighted by Crippen LogP contribution is 2.29. The summed E-state index contributed by atoms with van der Waals surface area (Å²) in [6, 6.07) is 0. The van der Waals surface area contributed by atoms with Crippen molar-refractivity contribution in [3.63, 3.8) is 0 Å². The van der Waals surface area contributed by atoms with Gasteiger partial charge in [-0.2, -0.15) is 4.98 Å². The number of nitrogens with zero attached hydrogens (tertiary/aromatic N) is 2. The Kier molecular flexibility index (Phi) is 4.15. The summed E-state index contributed by atoms with van der Waals surface area (Å²) in [6.07, 6.45) is 1.44. The number of hydrogen-bond donors (Lipinski definition) is 2. The minimum atomic E-state index is 0.171. The van der Waals surface area contributed by atoms with E-state index in [0.29, 0.717) is 23.3 Å². The predicted octanol–water partition coefficient (Wildman–Crippen LogP) is 2.16. The van der Waals surface area contributed by atoms with E-state index in [-0.39, 0.29) is 5.41 Å². The Balaban J connectivity index is 2.76. The van der Waals surface area contributed by atoms with Crippen LogP contribution in [0, 0.1) is 11.3 Å². The van der Waals surface area contributed by atoms with Crippen molar-refractivity contribution in [1.82, 2.24) is 9.97 Å². The highest BCUT2D eigenvalue weighted by molar-refractivity contribution is 5.66. The summed E-state index contributed by atoms with van der Waals surface area (Å²) in [5.74, 6) is 1.61. The smallest absolute Gasteiger partial charge is 0.242 e. The van der Waals surface area contributed by atoms with Crippen LogP contribution in [0.2, 0.25) is 0 Å². The number of methoxy groups -OCH3 is 1. The van der Waals surface area contributed by atoms with Gasteiger partial charge < -0.3 is 15.8 Å². The van der Waals surface area contributed by atoms with Gasteiger partial charge in [0, 0.05) is 6.54 Å². The lowest BCUT2D eigenvalue weighted by Crippen LogP contribution is -2.29. The second-order valence-electron chi connectivity index (χ2n) is 5.14. The molecule has 0 amide bonds. The molecule has 0 atom stereocenters. The predicted molar refractivity (Wildman–Crippen MR) is 70.1 cm³/mol. The van der Waals surface area contributed by atoms with Crippen LogP contribution >= 0.6 is 0 Å². The quantitative estimate of drug-likeness (QED) is 0.822. The van der Waals surface area contributed by atoms with Crippen LogP contribution in [0.25, 0.3) is 0 Å². The first-order chi connectivity index (χ1) is 7.88. The van der Waals surface area contributed by atoms with E-state index in [2.05, 4.69) is 43.0 Å². The van der Waals surface area contributed by atoms with Crippen molar-refractivity contribution in [2.45, 2.75) is 27.7 Å². The Labute approximate surface area is 103 Å². The number of ether oxygens (including phenoxy) is 1. The van der Waals surface area contributed by atoms with E-state index in [1.165, 1.54) is 6.33 Å². The van der Waals surface area contributed by atoms with Crippen molar-refractivity contribution in [2.75, 3.05) is 24.7 Å². The Morgan fingerprint density at radius 2 is 2.06 bits per heavy atom. The lowest BCUT2D eigenvalue weighted by molar-refractivity contribution is 0.269. The van der Waals surface area contributed by atoms with E-state index in [4.69, 9.17) is 10.5 Å². The van der Waals surface area contributed by atoms with Crippen molar-refractivity contribution in [3.05, 3.63) is 6.33 Å². The highest BCUT2D eigenvalue weighted by Gasteiger charge is 2.22. The number of rotatable bonds is 5. The lowest BCUT2D eigenvalue weighted by Gasteiger charge is -2.29. The van der Waals surface area contributed by atoms with Crippen molar-refractivity contribution >= 4 is 11.5 Å². The number of nitrogens with two attached hydrogens (primary N) is 1. The van der Waals surface area contributed by atoms with Crippen LogP contribution in [-0.2, 0) is 0 Å². The largest absolute Gasteiger partial charge is 0.479 e. The van der Waals surface area contributed by atoms with Gasteiger partial charge in [-0.25, -0.2) is 4.98 Å². The van der Waals surface area contributed by atoms with E-state index >= 15 is 0 Å². The molecule has 1 rings (SSSR count). The first-order valence-corrected chi connectivity index (χ1v) is 5.77. The van der Waals surface area contributed by atoms with Gasteiger partial charge in [-0.15, -0.1) is 0 Å². The van der Waals surface area contributed by atoms with Gasteiger partial charge in [0.1, 0.15) is 12.0 Å². The SMILES string of the molecule is COc1ncnc(NCC(C)(C)C(C)C)c1N. The average Bonchev–Trinajstić information content (AvgIpc) is 2.27. The summed E-state index contributed by atoms with van der Waals surface area (Å²) >= 11 is 0. The molecule has 5 heteroatoms. The molecule has 0 fully saturated rings. The zero-order chi connectivity index (χ0) is 13.1. The molecule has 1 heterocycles. The van der Waals surface area contributed by atoms with Crippen LogP contribution in [-0.4, -0.2) is 23.6 Å². The minimum absolute atomic E-state index is 0.171. The molecular weight excluding hydrogens is 216 g/mol. The highest BCUT2D eigenvalue weighted by atomic mass is 16.5. The van der Waals surface area contributed by atoms with E-state index in [0.717, 1.165) is 6.54 Å². The molecule has 17 heavy (non-hydrogen) atoms. The molecule has 0 saturated heterocycles. The molecule has 5 nitrogen and oxygen atoms in total. The van der Waals surface area contributed by atoms with Crippen molar-refractivity contribution in [1.29, 1.82) is 0 Å². The molecule has 0 aliphatic rings. The standard InChI is InChI=1S/C12H22N4O/c1-8(2)12(3,4)6-14-10-9(13)11(17-5)16-7-15-10/h7-8H,6,13H2,1-5H3,(H,14,15,16). The molecule has 0 aliphatic heterocycles. The second-order valence-corrected chi connectivity index (χ2v) is 5.14. The normalized spacial score (nSPS) is 11.6. The van der Waals surface area contributed by atoms with Crippen LogP contribution in [0.5, 0.6) is 5.88 Å². The average molecular weight is 238 g/mol. The van der Waals surface area contributed by atoms with Crippen molar-refractivity contribution in [3.8, 4) is 5.88 Å². The Bertz CT molecular complexity index is 377. The fraction of sp³-hybridized carbons (Fsp3) is 0.667. The first-order valence-electron chi connectivity index (χ1n) is 5.77. The fourth-order valence-electron chi connectivity index (χ4n) is 1.20. The number of aromatic nitrogens is 2. The van der Waals surface area contributed by atoms with Gasteiger partial charge in [0.05, 0.1) is 7.11 Å². The maximum atomic E-state index is 5.89. The summed E-state index contributed by atoms with van der Waals surface area (Å²) in [4.78, 5) is 8.06. The van der Waals surface area contributed by atoms with Crippen molar-refractivity contribution in [2.24, 2.45) is 11.3 Å². The van der Waals surface area contributed by atoms with Crippen LogP contribution in [0.15, 0.2) is 6.33 Å². The zero-order valence-electron chi connectivity index (χ0n) is 11.2. The molecule has 0 unspecified atom stereocenters. The van der Waals surface area contributed by atoms with Crippen LogP contribution < -0.4 is 15.8 Å². The van der Waals surface area contributed by atoms with Crippen LogP contribution in [0.4, 0.5) is 11.5 Å². The summed E-state index contributed by atoms with van der Waals surface area (Å²) in [6.45, 7) is 9.62.